The molecule has 4 rings (SSSR count). The quantitative estimate of drug-likeness (QED) is 0.696. The van der Waals surface area contributed by atoms with Gasteiger partial charge in [0.25, 0.3) is 0 Å². The lowest BCUT2D eigenvalue weighted by Gasteiger charge is -2.35. The summed E-state index contributed by atoms with van der Waals surface area (Å²) in [6.07, 6.45) is 1.95. The molecule has 0 bridgehead atoms. The zero-order chi connectivity index (χ0) is 20.6. The number of hydrogen-bond acceptors (Lipinski definition) is 5. The molecule has 0 unspecified atom stereocenters. The maximum Gasteiger partial charge on any atom is 0.243 e. The number of piperidine rings is 1. The minimum absolute atomic E-state index is 0.134. The van der Waals surface area contributed by atoms with Gasteiger partial charge >= 0.3 is 0 Å². The van der Waals surface area contributed by atoms with E-state index in [9.17, 15) is 18.0 Å². The average Bonchev–Trinajstić information content (AvgIpc) is 3.21. The van der Waals surface area contributed by atoms with E-state index >= 15 is 0 Å². The van der Waals surface area contributed by atoms with E-state index in [1.54, 1.807) is 23.5 Å². The third-order valence-corrected chi connectivity index (χ3v) is 8.72. The third kappa shape index (κ3) is 4.01. The number of benzene rings is 1. The molecule has 1 aromatic carbocycles. The maximum atomic E-state index is 13.0. The number of nitrogens with zero attached hydrogens (tertiary/aromatic N) is 2. The molecule has 2 aliphatic heterocycles. The SMILES string of the molecule is CC(=O)c1cccc(S(=O)(=O)N2CCC(C(=O)N3CCc4sccc4C3)CC2)c1. The summed E-state index contributed by atoms with van der Waals surface area (Å²) in [4.78, 5) is 27.9. The zero-order valence-electron chi connectivity index (χ0n) is 16.3. The topological polar surface area (TPSA) is 74.8 Å². The summed E-state index contributed by atoms with van der Waals surface area (Å²) in [6, 6.07) is 8.24. The molecule has 6 nitrogen and oxygen atoms in total. The Bertz CT molecular complexity index is 1040. The van der Waals surface area contributed by atoms with Crippen molar-refractivity contribution in [3.63, 3.8) is 0 Å². The highest BCUT2D eigenvalue weighted by Crippen LogP contribution is 2.29. The maximum absolute atomic E-state index is 13.0. The van der Waals surface area contributed by atoms with Crippen molar-refractivity contribution in [1.29, 1.82) is 0 Å². The van der Waals surface area contributed by atoms with Gasteiger partial charge in [0.2, 0.25) is 15.9 Å². The molecule has 154 valence electrons. The Labute approximate surface area is 175 Å². The minimum atomic E-state index is -3.67. The molecule has 0 radical (unpaired) electrons. The summed E-state index contributed by atoms with van der Waals surface area (Å²) in [5, 5.41) is 2.07. The van der Waals surface area contributed by atoms with Crippen LogP contribution < -0.4 is 0 Å². The van der Waals surface area contributed by atoms with E-state index in [2.05, 4.69) is 11.4 Å². The van der Waals surface area contributed by atoms with Crippen LogP contribution in [-0.4, -0.2) is 48.9 Å². The molecule has 3 heterocycles. The van der Waals surface area contributed by atoms with Crippen molar-refractivity contribution in [3.8, 4) is 0 Å². The summed E-state index contributed by atoms with van der Waals surface area (Å²) < 4.78 is 27.4. The number of carbonyl (C=O) groups is 2. The van der Waals surface area contributed by atoms with Gasteiger partial charge < -0.3 is 4.90 Å². The van der Waals surface area contributed by atoms with Gasteiger partial charge in [-0.05, 0) is 55.3 Å². The van der Waals surface area contributed by atoms with E-state index in [4.69, 9.17) is 0 Å². The van der Waals surface area contributed by atoms with Crippen molar-refractivity contribution >= 4 is 33.1 Å². The Morgan fingerprint density at radius 1 is 1.10 bits per heavy atom. The molecule has 1 fully saturated rings. The van der Waals surface area contributed by atoms with Crippen molar-refractivity contribution < 1.29 is 18.0 Å². The third-order valence-electron chi connectivity index (χ3n) is 5.80. The Balaban J connectivity index is 1.41. The van der Waals surface area contributed by atoms with E-state index < -0.39 is 10.0 Å². The van der Waals surface area contributed by atoms with E-state index in [0.29, 0.717) is 38.0 Å². The smallest absolute Gasteiger partial charge is 0.243 e. The Morgan fingerprint density at radius 3 is 2.59 bits per heavy atom. The van der Waals surface area contributed by atoms with Crippen LogP contribution in [0.15, 0.2) is 40.6 Å². The second kappa shape index (κ2) is 8.01. The van der Waals surface area contributed by atoms with E-state index in [1.807, 2.05) is 4.90 Å². The fraction of sp³-hybridized carbons (Fsp3) is 0.429. The van der Waals surface area contributed by atoms with Gasteiger partial charge in [0.15, 0.2) is 5.78 Å². The number of amides is 1. The Kier molecular flexibility index (Phi) is 5.59. The standard InChI is InChI=1S/C21H24N2O4S2/c1-15(24)17-3-2-4-19(13-17)29(26,27)23-10-5-16(6-11-23)21(25)22-9-7-20-18(14-22)8-12-28-20/h2-4,8,12-13,16H,5-7,9-11,14H2,1H3. The molecule has 0 atom stereocenters. The molecule has 29 heavy (non-hydrogen) atoms. The number of Topliss-reactive ketones (excluding diaryl/α,β-unsaturated/α-hetero) is 1. The van der Waals surface area contributed by atoms with Gasteiger partial charge in [-0.1, -0.05) is 12.1 Å². The van der Waals surface area contributed by atoms with Crippen LogP contribution in [-0.2, 0) is 27.8 Å². The first-order valence-corrected chi connectivity index (χ1v) is 12.1. The van der Waals surface area contributed by atoms with Crippen molar-refractivity contribution in [1.82, 2.24) is 9.21 Å². The number of thiophene rings is 1. The lowest BCUT2D eigenvalue weighted by atomic mass is 9.95. The highest BCUT2D eigenvalue weighted by Gasteiger charge is 2.34. The molecule has 0 saturated carbocycles. The summed E-state index contributed by atoms with van der Waals surface area (Å²) in [5.74, 6) is -0.163. The molecule has 1 saturated heterocycles. The largest absolute Gasteiger partial charge is 0.338 e. The number of fused-ring (bicyclic) bond motifs is 1. The van der Waals surface area contributed by atoms with Crippen LogP contribution in [0, 0.1) is 5.92 Å². The lowest BCUT2D eigenvalue weighted by Crippen LogP contribution is -2.45. The zero-order valence-corrected chi connectivity index (χ0v) is 18.0. The summed E-state index contributed by atoms with van der Waals surface area (Å²) in [6.45, 7) is 3.46. The van der Waals surface area contributed by atoms with E-state index in [-0.39, 0.29) is 22.5 Å². The minimum Gasteiger partial charge on any atom is -0.338 e. The molecule has 0 N–H and O–H groups in total. The Morgan fingerprint density at radius 2 is 1.86 bits per heavy atom. The normalized spacial score (nSPS) is 18.4. The Hall–Kier alpha value is -2.03. The number of hydrogen-bond donors (Lipinski definition) is 0. The first kappa shape index (κ1) is 20.3. The number of sulfonamides is 1. The molecule has 0 aliphatic carbocycles. The summed E-state index contributed by atoms with van der Waals surface area (Å²) in [5.41, 5.74) is 1.62. The van der Waals surface area contributed by atoms with Crippen molar-refractivity contribution in [3.05, 3.63) is 51.7 Å². The second-order valence-electron chi connectivity index (χ2n) is 7.64. The molecule has 2 aromatic rings. The van der Waals surface area contributed by atoms with Gasteiger partial charge in [0.1, 0.15) is 0 Å². The van der Waals surface area contributed by atoms with Gasteiger partial charge in [-0.2, -0.15) is 4.31 Å². The van der Waals surface area contributed by atoms with Gasteiger partial charge in [-0.3, -0.25) is 9.59 Å². The highest BCUT2D eigenvalue weighted by molar-refractivity contribution is 7.89. The second-order valence-corrected chi connectivity index (χ2v) is 10.6. The van der Waals surface area contributed by atoms with Crippen LogP contribution in [0.4, 0.5) is 0 Å². The fourth-order valence-electron chi connectivity index (χ4n) is 4.06. The molecule has 8 heteroatoms. The van der Waals surface area contributed by atoms with Gasteiger partial charge in [-0.25, -0.2) is 8.42 Å². The predicted octanol–water partition coefficient (Wildman–Crippen LogP) is 2.94. The lowest BCUT2D eigenvalue weighted by molar-refractivity contribution is -0.137. The van der Waals surface area contributed by atoms with Crippen molar-refractivity contribution in [2.24, 2.45) is 5.92 Å². The summed E-state index contributed by atoms with van der Waals surface area (Å²) >= 11 is 1.75. The van der Waals surface area contributed by atoms with Gasteiger partial charge in [-0.15, -0.1) is 11.3 Å². The monoisotopic (exact) mass is 432 g/mol. The van der Waals surface area contributed by atoms with Crippen LogP contribution >= 0.6 is 11.3 Å². The van der Waals surface area contributed by atoms with E-state index in [0.717, 1.165) is 13.0 Å². The van der Waals surface area contributed by atoms with Gasteiger partial charge in [0.05, 0.1) is 4.90 Å². The van der Waals surface area contributed by atoms with E-state index in [1.165, 1.54) is 33.8 Å². The molecule has 1 aromatic heterocycles. The molecular formula is C21H24N2O4S2. The molecular weight excluding hydrogens is 408 g/mol. The van der Waals surface area contributed by atoms with Gasteiger partial charge in [0, 0.05) is 42.5 Å². The molecule has 0 spiro atoms. The number of rotatable bonds is 4. The van der Waals surface area contributed by atoms with Crippen LogP contribution in [0.1, 0.15) is 40.6 Å². The summed E-state index contributed by atoms with van der Waals surface area (Å²) in [7, 11) is -3.67. The average molecular weight is 433 g/mol. The molecule has 1 amide bonds. The van der Waals surface area contributed by atoms with Crippen LogP contribution in [0.3, 0.4) is 0 Å². The predicted molar refractivity (Wildman–Crippen MR) is 111 cm³/mol. The van der Waals surface area contributed by atoms with Crippen LogP contribution in [0.5, 0.6) is 0 Å². The van der Waals surface area contributed by atoms with Crippen LogP contribution in [0.25, 0.3) is 0 Å². The first-order chi connectivity index (χ1) is 13.9. The van der Waals surface area contributed by atoms with Crippen LogP contribution in [0.2, 0.25) is 0 Å². The molecule has 2 aliphatic rings. The van der Waals surface area contributed by atoms with Crippen molar-refractivity contribution in [2.75, 3.05) is 19.6 Å². The fourth-order valence-corrected chi connectivity index (χ4v) is 6.47. The van der Waals surface area contributed by atoms with Crippen molar-refractivity contribution in [2.45, 2.75) is 37.6 Å². The number of ketones is 1. The first-order valence-electron chi connectivity index (χ1n) is 9.81. The highest BCUT2D eigenvalue weighted by atomic mass is 32.2. The number of carbonyl (C=O) groups excluding carboxylic acids is 2.